The van der Waals surface area contributed by atoms with Crippen LogP contribution in [0.3, 0.4) is 0 Å². The molecule has 0 bridgehead atoms. The number of non-ortho nitro benzene ring substituents is 1. The van der Waals surface area contributed by atoms with Gasteiger partial charge in [-0.2, -0.15) is 0 Å². The largest absolute Gasteiger partial charge is 0.322 e. The Kier molecular flexibility index (Phi) is 6.76. The van der Waals surface area contributed by atoms with Crippen molar-refractivity contribution in [1.29, 1.82) is 0 Å². The van der Waals surface area contributed by atoms with Crippen LogP contribution in [0.15, 0.2) is 77.3 Å². The topological polar surface area (TPSA) is 101 Å². The van der Waals surface area contributed by atoms with Gasteiger partial charge in [0.05, 0.1) is 17.0 Å². The van der Waals surface area contributed by atoms with E-state index in [-0.39, 0.29) is 24.2 Å². The molecule has 0 N–H and O–H groups in total. The van der Waals surface area contributed by atoms with Crippen LogP contribution < -0.4 is 4.90 Å². The highest BCUT2D eigenvalue weighted by atomic mass is 79.9. The van der Waals surface area contributed by atoms with Crippen molar-refractivity contribution in [3.05, 3.63) is 104 Å². The van der Waals surface area contributed by atoms with Crippen molar-refractivity contribution in [1.82, 2.24) is 4.90 Å². The van der Waals surface area contributed by atoms with E-state index in [0.717, 1.165) is 15.4 Å². The van der Waals surface area contributed by atoms with Crippen LogP contribution in [-0.2, 0) is 16.1 Å². The zero-order valence-electron chi connectivity index (χ0n) is 17.6. The van der Waals surface area contributed by atoms with Crippen LogP contribution in [-0.4, -0.2) is 33.6 Å². The normalized spacial score (nSPS) is 15.5. The first-order valence-electron chi connectivity index (χ1n) is 10.2. The summed E-state index contributed by atoms with van der Waals surface area (Å²) < 4.78 is 0.785. The molecule has 1 aliphatic rings. The average molecular weight is 543 g/mol. The van der Waals surface area contributed by atoms with E-state index >= 15 is 0 Å². The van der Waals surface area contributed by atoms with Crippen molar-refractivity contribution in [2.24, 2.45) is 0 Å². The van der Waals surface area contributed by atoms with Crippen LogP contribution >= 0.6 is 27.5 Å². The highest BCUT2D eigenvalue weighted by Crippen LogP contribution is 2.30. The fourth-order valence-corrected chi connectivity index (χ4v) is 4.23. The molecule has 8 nitrogen and oxygen atoms in total. The predicted octanol–water partition coefficient (Wildman–Crippen LogP) is 4.99. The molecule has 1 saturated heterocycles. The van der Waals surface area contributed by atoms with Gasteiger partial charge in [0, 0.05) is 33.7 Å². The third kappa shape index (κ3) is 4.71. The highest BCUT2D eigenvalue weighted by Gasteiger charge is 2.44. The predicted molar refractivity (Wildman–Crippen MR) is 129 cm³/mol. The maximum Gasteiger partial charge on any atom is 0.270 e. The molecule has 10 heteroatoms. The molecule has 1 atom stereocenters. The Morgan fingerprint density at radius 3 is 2.47 bits per heavy atom. The molecule has 0 saturated carbocycles. The lowest BCUT2D eigenvalue weighted by Crippen LogP contribution is -2.45. The number of hydrogen-bond donors (Lipinski definition) is 0. The molecule has 1 aliphatic heterocycles. The highest BCUT2D eigenvalue weighted by molar-refractivity contribution is 9.10. The van der Waals surface area contributed by atoms with E-state index in [9.17, 15) is 24.5 Å². The Morgan fingerprint density at radius 1 is 1.09 bits per heavy atom. The minimum atomic E-state index is -1.10. The molecule has 1 fully saturated rings. The maximum atomic E-state index is 13.5. The van der Waals surface area contributed by atoms with Crippen LogP contribution in [0.4, 0.5) is 11.4 Å². The van der Waals surface area contributed by atoms with E-state index in [2.05, 4.69) is 15.9 Å². The number of nitro groups is 1. The fourth-order valence-electron chi connectivity index (χ4n) is 3.77. The van der Waals surface area contributed by atoms with Gasteiger partial charge in [0.1, 0.15) is 6.04 Å². The minimum Gasteiger partial charge on any atom is -0.322 e. The van der Waals surface area contributed by atoms with Crippen LogP contribution in [0.5, 0.6) is 0 Å². The molecule has 0 spiro atoms. The van der Waals surface area contributed by atoms with Gasteiger partial charge in [-0.05, 0) is 42.0 Å². The molecule has 3 amide bonds. The molecular formula is C24H17BrClN3O5. The lowest BCUT2D eigenvalue weighted by molar-refractivity contribution is -0.384. The standard InChI is InChI=1S/C24H17BrClN3O5/c25-17-8-10-18(11-9-17)28-22(30)13-21(24(28)32)27(14-16-4-1-2-7-20(16)26)23(31)15-5-3-6-19(12-15)29(33)34/h1-12,21H,13-14H2. The number of nitro benzene ring substituents is 1. The van der Waals surface area contributed by atoms with Gasteiger partial charge < -0.3 is 4.90 Å². The Labute approximate surface area is 208 Å². The number of imide groups is 1. The number of hydrogen-bond acceptors (Lipinski definition) is 5. The maximum absolute atomic E-state index is 13.5. The summed E-state index contributed by atoms with van der Waals surface area (Å²) in [4.78, 5) is 52.7. The Hall–Kier alpha value is -3.56. The SMILES string of the molecule is O=C1CC(N(Cc2ccccc2Cl)C(=O)c2cccc([N+](=O)[O-])c2)C(=O)N1c1ccc(Br)cc1. The van der Waals surface area contributed by atoms with Crippen molar-refractivity contribution >= 4 is 56.6 Å². The first kappa shape index (κ1) is 23.6. The second kappa shape index (κ2) is 9.74. The number of anilines is 1. The Morgan fingerprint density at radius 2 is 1.79 bits per heavy atom. The molecule has 0 aliphatic carbocycles. The molecule has 0 radical (unpaired) electrons. The van der Waals surface area contributed by atoms with Crippen LogP contribution in [0.25, 0.3) is 0 Å². The molecule has 1 heterocycles. The van der Waals surface area contributed by atoms with Crippen molar-refractivity contribution in [3.63, 3.8) is 0 Å². The number of carbonyl (C=O) groups excluding carboxylic acids is 3. The van der Waals surface area contributed by atoms with E-state index in [4.69, 9.17) is 11.6 Å². The van der Waals surface area contributed by atoms with E-state index in [1.165, 1.54) is 23.1 Å². The zero-order chi connectivity index (χ0) is 24.4. The molecule has 172 valence electrons. The first-order chi connectivity index (χ1) is 16.3. The Bertz CT molecular complexity index is 1300. The first-order valence-corrected chi connectivity index (χ1v) is 11.3. The van der Waals surface area contributed by atoms with Gasteiger partial charge in [-0.25, -0.2) is 4.90 Å². The lowest BCUT2D eigenvalue weighted by Gasteiger charge is -2.28. The molecule has 3 aromatic rings. The van der Waals surface area contributed by atoms with Crippen molar-refractivity contribution < 1.29 is 19.3 Å². The van der Waals surface area contributed by atoms with Crippen LogP contribution in [0, 0.1) is 10.1 Å². The Balaban J connectivity index is 1.73. The summed E-state index contributed by atoms with van der Waals surface area (Å²) in [5.74, 6) is -1.63. The monoisotopic (exact) mass is 541 g/mol. The quantitative estimate of drug-likeness (QED) is 0.248. The van der Waals surface area contributed by atoms with Crippen molar-refractivity contribution in [3.8, 4) is 0 Å². The van der Waals surface area contributed by atoms with E-state index in [1.807, 2.05) is 0 Å². The van der Waals surface area contributed by atoms with E-state index < -0.39 is 28.7 Å². The number of halogens is 2. The van der Waals surface area contributed by atoms with Crippen molar-refractivity contribution in [2.45, 2.75) is 19.0 Å². The van der Waals surface area contributed by atoms with Crippen molar-refractivity contribution in [2.75, 3.05) is 4.90 Å². The summed E-state index contributed by atoms with van der Waals surface area (Å²) in [6.45, 7) is -0.0565. The summed E-state index contributed by atoms with van der Waals surface area (Å²) in [7, 11) is 0. The van der Waals surface area contributed by atoms with Gasteiger partial charge >= 0.3 is 0 Å². The van der Waals surface area contributed by atoms with Gasteiger partial charge in [0.2, 0.25) is 5.91 Å². The van der Waals surface area contributed by atoms with Gasteiger partial charge in [-0.15, -0.1) is 0 Å². The van der Waals surface area contributed by atoms with Gasteiger partial charge in [0.25, 0.3) is 17.5 Å². The minimum absolute atomic E-state index is 0.0311. The van der Waals surface area contributed by atoms with E-state index in [1.54, 1.807) is 48.5 Å². The van der Waals surface area contributed by atoms with Gasteiger partial charge in [-0.3, -0.25) is 24.5 Å². The van der Waals surface area contributed by atoms with Crippen LogP contribution in [0.2, 0.25) is 5.02 Å². The summed E-state index contributed by atoms with van der Waals surface area (Å²) in [6.07, 6.45) is -0.222. The summed E-state index contributed by atoms with van der Waals surface area (Å²) in [5, 5.41) is 11.6. The summed E-state index contributed by atoms with van der Waals surface area (Å²) >= 11 is 9.63. The number of carbonyl (C=O) groups is 3. The number of benzene rings is 3. The average Bonchev–Trinajstić information content (AvgIpc) is 3.12. The molecular weight excluding hydrogens is 526 g/mol. The molecule has 3 aromatic carbocycles. The van der Waals surface area contributed by atoms with Gasteiger partial charge in [0.15, 0.2) is 0 Å². The number of rotatable bonds is 6. The number of nitrogens with zero attached hydrogens (tertiary/aromatic N) is 3. The second-order valence-electron chi connectivity index (χ2n) is 7.60. The summed E-state index contributed by atoms with van der Waals surface area (Å²) in [5.41, 5.74) is 0.740. The molecule has 0 aromatic heterocycles. The smallest absolute Gasteiger partial charge is 0.270 e. The molecule has 4 rings (SSSR count). The van der Waals surface area contributed by atoms with Gasteiger partial charge in [-0.1, -0.05) is 51.8 Å². The fraction of sp³-hybridized carbons (Fsp3) is 0.125. The third-order valence-electron chi connectivity index (χ3n) is 5.45. The zero-order valence-corrected chi connectivity index (χ0v) is 19.9. The molecule has 1 unspecified atom stereocenters. The summed E-state index contributed by atoms with van der Waals surface area (Å²) in [6, 6.07) is 17.7. The van der Waals surface area contributed by atoms with Crippen LogP contribution in [0.1, 0.15) is 22.3 Å². The molecule has 34 heavy (non-hydrogen) atoms. The number of amides is 3. The van der Waals surface area contributed by atoms with E-state index in [0.29, 0.717) is 16.3 Å². The lowest BCUT2D eigenvalue weighted by atomic mass is 10.1. The third-order valence-corrected chi connectivity index (χ3v) is 6.34. The second-order valence-corrected chi connectivity index (χ2v) is 8.92.